The summed E-state index contributed by atoms with van der Waals surface area (Å²) in [7, 11) is 1.66. The number of nitrogens with two attached hydrogens (primary N) is 1. The van der Waals surface area contributed by atoms with E-state index in [2.05, 4.69) is 0 Å². The highest BCUT2D eigenvalue weighted by molar-refractivity contribution is 7.99. The van der Waals surface area contributed by atoms with Crippen LogP contribution in [0.3, 0.4) is 0 Å². The highest BCUT2D eigenvalue weighted by Gasteiger charge is 2.07. The van der Waals surface area contributed by atoms with Crippen LogP contribution in [0, 0.1) is 0 Å². The molecule has 0 aliphatic rings. The predicted octanol–water partition coefficient (Wildman–Crippen LogP) is 2.95. The van der Waals surface area contributed by atoms with Crippen LogP contribution < -0.4 is 10.5 Å². The van der Waals surface area contributed by atoms with E-state index in [0.717, 1.165) is 24.3 Å². The summed E-state index contributed by atoms with van der Waals surface area (Å²) in [6, 6.07) is 7.97. The van der Waals surface area contributed by atoms with Gasteiger partial charge in [-0.1, -0.05) is 12.1 Å². The summed E-state index contributed by atoms with van der Waals surface area (Å²) in [5.41, 5.74) is 7.24. The Balaban J connectivity index is 2.18. The van der Waals surface area contributed by atoms with Crippen molar-refractivity contribution in [1.82, 2.24) is 0 Å². The third kappa shape index (κ3) is 6.82. The highest BCUT2D eigenvalue weighted by Crippen LogP contribution is 2.20. The highest BCUT2D eigenvalue weighted by atomic mass is 32.2. The fraction of sp³-hybridized carbons (Fsp3) is 0.533. The van der Waals surface area contributed by atoms with Gasteiger partial charge in [0.15, 0.2) is 0 Å². The lowest BCUT2D eigenvalue weighted by Gasteiger charge is -2.11. The summed E-state index contributed by atoms with van der Waals surface area (Å²) in [4.78, 5) is 11.2. The number of carbonyl (C=O) groups excluding carboxylic acids is 1. The first kappa shape index (κ1) is 16.9. The van der Waals surface area contributed by atoms with Gasteiger partial charge in [-0.3, -0.25) is 4.79 Å². The first-order valence-corrected chi connectivity index (χ1v) is 7.86. The SMILES string of the molecule is CCOC(=O)CCCC(N)SCc1ccc(OC)cc1. The van der Waals surface area contributed by atoms with E-state index in [1.807, 2.05) is 31.2 Å². The number of thioether (sulfide) groups is 1. The van der Waals surface area contributed by atoms with Gasteiger partial charge in [0.25, 0.3) is 0 Å². The van der Waals surface area contributed by atoms with Gasteiger partial charge in [0, 0.05) is 12.2 Å². The van der Waals surface area contributed by atoms with Crippen molar-refractivity contribution in [2.45, 2.75) is 37.3 Å². The van der Waals surface area contributed by atoms with Gasteiger partial charge in [0.05, 0.1) is 19.1 Å². The minimum Gasteiger partial charge on any atom is -0.497 e. The Hall–Kier alpha value is -1.20. The van der Waals surface area contributed by atoms with Crippen LogP contribution >= 0.6 is 11.8 Å². The van der Waals surface area contributed by atoms with Gasteiger partial charge in [0.2, 0.25) is 0 Å². The molecule has 20 heavy (non-hydrogen) atoms. The van der Waals surface area contributed by atoms with E-state index in [0.29, 0.717) is 13.0 Å². The second-order valence-electron chi connectivity index (χ2n) is 4.39. The maximum Gasteiger partial charge on any atom is 0.305 e. The molecule has 1 atom stereocenters. The zero-order valence-electron chi connectivity index (χ0n) is 12.1. The summed E-state index contributed by atoms with van der Waals surface area (Å²) in [5.74, 6) is 1.59. The second kappa shape index (κ2) is 9.66. The summed E-state index contributed by atoms with van der Waals surface area (Å²) in [6.07, 6.45) is 2.04. The van der Waals surface area contributed by atoms with Crippen LogP contribution in [0.1, 0.15) is 31.7 Å². The van der Waals surface area contributed by atoms with Crippen molar-refractivity contribution in [3.05, 3.63) is 29.8 Å². The normalized spacial score (nSPS) is 11.9. The molecule has 1 rings (SSSR count). The molecule has 112 valence electrons. The summed E-state index contributed by atoms with van der Waals surface area (Å²) in [5, 5.41) is 0.0477. The zero-order valence-corrected chi connectivity index (χ0v) is 12.9. The molecule has 0 fully saturated rings. The molecule has 0 aromatic heterocycles. The zero-order chi connectivity index (χ0) is 14.8. The average molecular weight is 297 g/mol. The predicted molar refractivity (Wildman–Crippen MR) is 82.7 cm³/mol. The van der Waals surface area contributed by atoms with Crippen molar-refractivity contribution in [3.63, 3.8) is 0 Å². The van der Waals surface area contributed by atoms with E-state index in [1.54, 1.807) is 18.9 Å². The first-order chi connectivity index (χ1) is 9.65. The Morgan fingerprint density at radius 2 is 2.05 bits per heavy atom. The molecule has 0 amide bonds. The molecule has 0 aliphatic heterocycles. The lowest BCUT2D eigenvalue weighted by molar-refractivity contribution is -0.143. The summed E-state index contributed by atoms with van der Waals surface area (Å²) in [6.45, 7) is 2.26. The average Bonchev–Trinajstić information content (AvgIpc) is 2.46. The van der Waals surface area contributed by atoms with Crippen molar-refractivity contribution in [2.24, 2.45) is 5.73 Å². The smallest absolute Gasteiger partial charge is 0.305 e. The molecule has 0 radical (unpaired) electrons. The lowest BCUT2D eigenvalue weighted by Crippen LogP contribution is -2.16. The molecule has 1 unspecified atom stereocenters. The maximum absolute atomic E-state index is 11.2. The van der Waals surface area contributed by atoms with E-state index in [4.69, 9.17) is 15.2 Å². The van der Waals surface area contributed by atoms with E-state index in [-0.39, 0.29) is 11.3 Å². The summed E-state index contributed by atoms with van der Waals surface area (Å²) >= 11 is 1.69. The number of methoxy groups -OCH3 is 1. The topological polar surface area (TPSA) is 61.5 Å². The standard InChI is InChI=1S/C15H23NO3S/c1-3-19-15(17)6-4-5-14(16)20-11-12-7-9-13(18-2)10-8-12/h7-10,14H,3-6,11,16H2,1-2H3. The third-order valence-electron chi connectivity index (χ3n) is 2.80. The van der Waals surface area contributed by atoms with Crippen LogP contribution in [0.4, 0.5) is 0 Å². The van der Waals surface area contributed by atoms with Crippen LogP contribution in [-0.2, 0) is 15.3 Å². The van der Waals surface area contributed by atoms with Gasteiger partial charge in [0.1, 0.15) is 5.75 Å². The Morgan fingerprint density at radius 1 is 1.35 bits per heavy atom. The van der Waals surface area contributed by atoms with Crippen molar-refractivity contribution in [2.75, 3.05) is 13.7 Å². The minimum absolute atomic E-state index is 0.0477. The Kier molecular flexibility index (Phi) is 8.14. The molecule has 1 aromatic rings. The largest absolute Gasteiger partial charge is 0.497 e. The molecule has 0 aliphatic carbocycles. The quantitative estimate of drug-likeness (QED) is 0.561. The van der Waals surface area contributed by atoms with Crippen LogP contribution in [0.15, 0.2) is 24.3 Å². The fourth-order valence-electron chi connectivity index (χ4n) is 1.69. The first-order valence-electron chi connectivity index (χ1n) is 6.81. The number of ether oxygens (including phenoxy) is 2. The van der Waals surface area contributed by atoms with Gasteiger partial charge < -0.3 is 15.2 Å². The molecule has 2 N–H and O–H groups in total. The number of hydrogen-bond donors (Lipinski definition) is 1. The van der Waals surface area contributed by atoms with Gasteiger partial charge in [-0.15, -0.1) is 11.8 Å². The number of benzene rings is 1. The van der Waals surface area contributed by atoms with Crippen molar-refractivity contribution < 1.29 is 14.3 Å². The van der Waals surface area contributed by atoms with E-state index in [1.165, 1.54) is 5.56 Å². The molecular weight excluding hydrogens is 274 g/mol. The van der Waals surface area contributed by atoms with E-state index >= 15 is 0 Å². The molecule has 1 aromatic carbocycles. The van der Waals surface area contributed by atoms with Crippen LogP contribution in [0.2, 0.25) is 0 Å². The molecule has 0 saturated heterocycles. The molecule has 5 heteroatoms. The van der Waals surface area contributed by atoms with Crippen LogP contribution in [-0.4, -0.2) is 25.1 Å². The number of carbonyl (C=O) groups is 1. The molecule has 0 heterocycles. The number of esters is 1. The Labute approximate surface area is 125 Å². The molecule has 0 saturated carbocycles. The number of rotatable bonds is 9. The monoisotopic (exact) mass is 297 g/mol. The van der Waals surface area contributed by atoms with Crippen molar-refractivity contribution >= 4 is 17.7 Å². The van der Waals surface area contributed by atoms with Crippen molar-refractivity contribution in [1.29, 1.82) is 0 Å². The number of hydrogen-bond acceptors (Lipinski definition) is 5. The van der Waals surface area contributed by atoms with Gasteiger partial charge >= 0.3 is 5.97 Å². The van der Waals surface area contributed by atoms with Gasteiger partial charge in [-0.2, -0.15) is 0 Å². The lowest BCUT2D eigenvalue weighted by atomic mass is 10.2. The summed E-state index contributed by atoms with van der Waals surface area (Å²) < 4.78 is 9.99. The molecule has 4 nitrogen and oxygen atoms in total. The second-order valence-corrected chi connectivity index (χ2v) is 5.62. The van der Waals surface area contributed by atoms with Crippen LogP contribution in [0.5, 0.6) is 5.75 Å². The van der Waals surface area contributed by atoms with E-state index in [9.17, 15) is 4.79 Å². The van der Waals surface area contributed by atoms with Crippen molar-refractivity contribution in [3.8, 4) is 5.75 Å². The molecule has 0 bridgehead atoms. The Bertz CT molecular complexity index is 395. The van der Waals surface area contributed by atoms with Gasteiger partial charge in [-0.25, -0.2) is 0 Å². The maximum atomic E-state index is 11.2. The van der Waals surface area contributed by atoms with E-state index < -0.39 is 0 Å². The van der Waals surface area contributed by atoms with Crippen LogP contribution in [0.25, 0.3) is 0 Å². The minimum atomic E-state index is -0.139. The Morgan fingerprint density at radius 3 is 2.65 bits per heavy atom. The van der Waals surface area contributed by atoms with Gasteiger partial charge in [-0.05, 0) is 37.5 Å². The molecular formula is C15H23NO3S. The fourth-order valence-corrected chi connectivity index (χ4v) is 2.62. The molecule has 0 spiro atoms. The third-order valence-corrected chi connectivity index (χ3v) is 3.96.